The second-order valence-electron chi connectivity index (χ2n) is 5.39. The van der Waals surface area contributed by atoms with E-state index >= 15 is 0 Å². The fourth-order valence-electron chi connectivity index (χ4n) is 2.64. The van der Waals surface area contributed by atoms with Crippen molar-refractivity contribution in [2.24, 2.45) is 5.92 Å². The van der Waals surface area contributed by atoms with Crippen LogP contribution in [-0.4, -0.2) is 23.6 Å². The summed E-state index contributed by atoms with van der Waals surface area (Å²) in [6.07, 6.45) is -2.08. The molecule has 0 aliphatic heterocycles. The van der Waals surface area contributed by atoms with E-state index in [1.54, 1.807) is 6.26 Å². The molecule has 0 bridgehead atoms. The molecule has 1 aromatic carbocycles. The van der Waals surface area contributed by atoms with Gasteiger partial charge in [0.1, 0.15) is 5.92 Å². The van der Waals surface area contributed by atoms with Crippen LogP contribution in [0, 0.1) is 5.92 Å². The van der Waals surface area contributed by atoms with Gasteiger partial charge in [0.05, 0.1) is 5.56 Å². The molecule has 1 aromatic rings. The van der Waals surface area contributed by atoms with Gasteiger partial charge in [-0.25, -0.2) is 0 Å². The van der Waals surface area contributed by atoms with E-state index in [-0.39, 0.29) is 29.7 Å². The van der Waals surface area contributed by atoms with Gasteiger partial charge in [-0.1, -0.05) is 6.07 Å². The quantitative estimate of drug-likeness (QED) is 0.617. The molecule has 0 unspecified atom stereocenters. The zero-order chi connectivity index (χ0) is 17.2. The van der Waals surface area contributed by atoms with Crippen LogP contribution in [0.15, 0.2) is 18.2 Å². The number of Topliss-reactive ketones (excluding diaryl/α,β-unsaturated/α-hetero) is 3. The molecule has 0 N–H and O–H groups in total. The van der Waals surface area contributed by atoms with Gasteiger partial charge in [-0.3, -0.25) is 14.4 Å². The lowest BCUT2D eigenvalue weighted by atomic mass is 9.80. The van der Waals surface area contributed by atoms with Gasteiger partial charge in [0.25, 0.3) is 0 Å². The molecule has 1 fully saturated rings. The Bertz CT molecular complexity index is 636. The summed E-state index contributed by atoms with van der Waals surface area (Å²) >= 11 is 1.26. The van der Waals surface area contributed by atoms with E-state index < -0.39 is 35.0 Å². The van der Waals surface area contributed by atoms with E-state index in [4.69, 9.17) is 0 Å². The van der Waals surface area contributed by atoms with Crippen LogP contribution in [-0.2, 0) is 21.5 Å². The number of hydrogen-bond acceptors (Lipinski definition) is 4. The van der Waals surface area contributed by atoms with E-state index in [9.17, 15) is 27.6 Å². The summed E-state index contributed by atoms with van der Waals surface area (Å²) in [7, 11) is 0. The molecule has 0 atom stereocenters. The minimum absolute atomic E-state index is 0.0287. The first-order valence-corrected chi connectivity index (χ1v) is 8.43. The summed E-state index contributed by atoms with van der Waals surface area (Å²) in [4.78, 5) is 36.3. The largest absolute Gasteiger partial charge is 0.416 e. The average molecular weight is 344 g/mol. The molecule has 1 aliphatic carbocycles. The summed E-state index contributed by atoms with van der Waals surface area (Å²) in [5.74, 6) is -2.74. The van der Waals surface area contributed by atoms with E-state index in [1.165, 1.54) is 11.8 Å². The first-order valence-electron chi connectivity index (χ1n) is 7.04. The predicted octanol–water partition coefficient (Wildman–Crippen LogP) is 3.69. The molecule has 1 aliphatic rings. The zero-order valence-corrected chi connectivity index (χ0v) is 13.2. The molecule has 0 saturated heterocycles. The second-order valence-corrected chi connectivity index (χ2v) is 6.25. The Morgan fingerprint density at radius 3 is 2.35 bits per heavy atom. The first kappa shape index (κ1) is 17.7. The summed E-state index contributed by atoms with van der Waals surface area (Å²) in [5, 5.41) is 0. The number of thioether (sulfide) groups is 1. The van der Waals surface area contributed by atoms with E-state index in [1.807, 2.05) is 0 Å². The van der Waals surface area contributed by atoms with Crippen LogP contribution in [0.25, 0.3) is 0 Å². The van der Waals surface area contributed by atoms with Gasteiger partial charge >= 0.3 is 6.18 Å². The fourth-order valence-corrected chi connectivity index (χ4v) is 3.19. The highest BCUT2D eigenvalue weighted by Gasteiger charge is 2.38. The Morgan fingerprint density at radius 1 is 1.22 bits per heavy atom. The highest BCUT2D eigenvalue weighted by Crippen LogP contribution is 2.32. The monoisotopic (exact) mass is 344 g/mol. The molecule has 3 nitrogen and oxygen atoms in total. The minimum Gasteiger partial charge on any atom is -0.298 e. The molecule has 0 aromatic heterocycles. The molecule has 124 valence electrons. The summed E-state index contributed by atoms with van der Waals surface area (Å²) in [5.41, 5.74) is -0.621. The van der Waals surface area contributed by atoms with E-state index in [0.717, 1.165) is 18.2 Å². The Morgan fingerprint density at radius 2 is 1.83 bits per heavy atom. The number of benzene rings is 1. The van der Waals surface area contributed by atoms with Crippen LogP contribution in [0.3, 0.4) is 0 Å². The van der Waals surface area contributed by atoms with Crippen molar-refractivity contribution in [2.75, 3.05) is 6.26 Å². The van der Waals surface area contributed by atoms with Crippen LogP contribution in [0.5, 0.6) is 0 Å². The molecular weight excluding hydrogens is 329 g/mol. The Labute approximate surface area is 135 Å². The number of halogens is 3. The Kier molecular flexibility index (Phi) is 5.29. The minimum atomic E-state index is -4.51. The normalized spacial score (nSPS) is 16.7. The highest BCUT2D eigenvalue weighted by atomic mass is 32.2. The molecule has 0 radical (unpaired) electrons. The third-order valence-electron chi connectivity index (χ3n) is 3.75. The van der Waals surface area contributed by atoms with Gasteiger partial charge < -0.3 is 0 Å². The van der Waals surface area contributed by atoms with Gasteiger partial charge in [0.2, 0.25) is 0 Å². The smallest absolute Gasteiger partial charge is 0.298 e. The molecule has 2 rings (SSSR count). The predicted molar refractivity (Wildman–Crippen MR) is 80.3 cm³/mol. The third-order valence-corrected chi connectivity index (χ3v) is 4.35. The molecule has 0 spiro atoms. The van der Waals surface area contributed by atoms with Gasteiger partial charge in [-0.15, -0.1) is 0 Å². The summed E-state index contributed by atoms with van der Waals surface area (Å²) in [6, 6.07) is 2.81. The summed E-state index contributed by atoms with van der Waals surface area (Å²) < 4.78 is 38.5. The summed E-state index contributed by atoms with van der Waals surface area (Å²) in [6.45, 7) is 0. The maximum absolute atomic E-state index is 12.8. The second kappa shape index (κ2) is 6.86. The van der Waals surface area contributed by atoms with Crippen molar-refractivity contribution in [1.82, 2.24) is 0 Å². The first-order chi connectivity index (χ1) is 10.8. The van der Waals surface area contributed by atoms with Crippen molar-refractivity contribution in [3.05, 3.63) is 34.9 Å². The Hall–Kier alpha value is -1.63. The number of rotatable bonds is 4. The molecule has 0 amide bonds. The SMILES string of the molecule is CSCc1cc(C(F)(F)F)ccc1C(=O)C1C(=O)CCCC1=O. The molecule has 7 heteroatoms. The molecule has 0 heterocycles. The van der Waals surface area contributed by atoms with Gasteiger partial charge in [-0.05, 0) is 30.4 Å². The number of carbonyl (C=O) groups is 3. The van der Waals surface area contributed by atoms with Gasteiger partial charge in [0, 0.05) is 24.2 Å². The molecule has 1 saturated carbocycles. The number of hydrogen-bond donors (Lipinski definition) is 0. The van der Waals surface area contributed by atoms with Crippen molar-refractivity contribution in [1.29, 1.82) is 0 Å². The zero-order valence-electron chi connectivity index (χ0n) is 12.4. The standard InChI is InChI=1S/C16H15F3O3S/c1-23-8-9-7-10(16(17,18)19)5-6-11(9)15(22)14-12(20)3-2-4-13(14)21/h5-7,14H,2-4,8H2,1H3. The van der Waals surface area contributed by atoms with Crippen LogP contribution in [0.2, 0.25) is 0 Å². The maximum atomic E-state index is 12.8. The van der Waals surface area contributed by atoms with Crippen LogP contribution >= 0.6 is 11.8 Å². The van der Waals surface area contributed by atoms with Gasteiger partial charge in [0.15, 0.2) is 17.3 Å². The Balaban J connectivity index is 2.43. The highest BCUT2D eigenvalue weighted by molar-refractivity contribution is 7.97. The number of ketones is 3. The average Bonchev–Trinajstić information content (AvgIpc) is 2.46. The van der Waals surface area contributed by atoms with Crippen molar-refractivity contribution in [3.8, 4) is 0 Å². The van der Waals surface area contributed by atoms with Crippen molar-refractivity contribution >= 4 is 29.1 Å². The lowest BCUT2D eigenvalue weighted by Crippen LogP contribution is -2.35. The number of carbonyl (C=O) groups excluding carboxylic acids is 3. The van der Waals surface area contributed by atoms with Crippen LogP contribution in [0.4, 0.5) is 13.2 Å². The van der Waals surface area contributed by atoms with Gasteiger partial charge in [-0.2, -0.15) is 24.9 Å². The van der Waals surface area contributed by atoms with Crippen molar-refractivity contribution in [3.63, 3.8) is 0 Å². The topological polar surface area (TPSA) is 51.2 Å². The number of alkyl halides is 3. The van der Waals surface area contributed by atoms with Crippen molar-refractivity contribution < 1.29 is 27.6 Å². The van der Waals surface area contributed by atoms with Crippen molar-refractivity contribution in [2.45, 2.75) is 31.2 Å². The lowest BCUT2D eigenvalue weighted by Gasteiger charge is -2.20. The van der Waals surface area contributed by atoms with Crippen LogP contribution in [0.1, 0.15) is 40.7 Å². The van der Waals surface area contributed by atoms with E-state index in [0.29, 0.717) is 6.42 Å². The van der Waals surface area contributed by atoms with E-state index in [2.05, 4.69) is 0 Å². The van der Waals surface area contributed by atoms with Crippen LogP contribution < -0.4 is 0 Å². The fraction of sp³-hybridized carbons (Fsp3) is 0.438. The molecular formula is C16H15F3O3S. The maximum Gasteiger partial charge on any atom is 0.416 e. The third kappa shape index (κ3) is 3.83. The lowest BCUT2D eigenvalue weighted by molar-refractivity contribution is -0.138. The molecule has 23 heavy (non-hydrogen) atoms.